The smallest absolute Gasteiger partial charge is 0.306 e. The minimum atomic E-state index is -1.22. The fourth-order valence-electron chi connectivity index (χ4n) is 3.69. The van der Waals surface area contributed by atoms with Crippen LogP contribution < -0.4 is 9.64 Å². The van der Waals surface area contributed by atoms with Gasteiger partial charge < -0.3 is 14.7 Å². The lowest BCUT2D eigenvalue weighted by molar-refractivity contribution is -0.137. The maximum absolute atomic E-state index is 13.6. The van der Waals surface area contributed by atoms with Gasteiger partial charge in [0.15, 0.2) is 0 Å². The third-order valence-corrected chi connectivity index (χ3v) is 7.64. The Hall–Kier alpha value is -2.06. The van der Waals surface area contributed by atoms with Crippen molar-refractivity contribution in [2.24, 2.45) is 5.92 Å². The average molecular weight is 496 g/mol. The van der Waals surface area contributed by atoms with Crippen molar-refractivity contribution in [3.05, 3.63) is 42.2 Å². The first-order chi connectivity index (χ1) is 15.9. The Morgan fingerprint density at radius 3 is 2.58 bits per heavy atom. The molecule has 0 saturated carbocycles. The second kappa shape index (κ2) is 13.6. The number of halogens is 1. The molecule has 2 aromatic rings. The van der Waals surface area contributed by atoms with Crippen LogP contribution in [0.15, 0.2) is 46.2 Å². The molecule has 0 amide bonds. The number of fused-ring (bicyclic) bond motifs is 1. The summed E-state index contributed by atoms with van der Waals surface area (Å²) < 4.78 is 32.6. The molecule has 2 unspecified atom stereocenters. The molecule has 182 valence electrons. The van der Waals surface area contributed by atoms with E-state index < -0.39 is 16.8 Å². The van der Waals surface area contributed by atoms with E-state index >= 15 is 0 Å². The number of ether oxygens (including phenoxy) is 1. The van der Waals surface area contributed by atoms with Crippen molar-refractivity contribution in [1.29, 1.82) is 0 Å². The normalized spacial score (nSPS) is 17.4. The predicted molar refractivity (Wildman–Crippen MR) is 135 cm³/mol. The molecule has 1 aliphatic heterocycles. The Bertz CT molecular complexity index is 937. The Morgan fingerprint density at radius 2 is 1.97 bits per heavy atom. The van der Waals surface area contributed by atoms with Crippen LogP contribution in [0.4, 0.5) is 15.8 Å². The van der Waals surface area contributed by atoms with Gasteiger partial charge in [0.25, 0.3) is 0 Å². The summed E-state index contributed by atoms with van der Waals surface area (Å²) in [4.78, 5) is 14.5. The number of carbonyl (C=O) groups is 1. The molecule has 0 aromatic heterocycles. The second-order valence-electron chi connectivity index (χ2n) is 7.57. The third-order valence-electron chi connectivity index (χ3n) is 5.29. The highest BCUT2D eigenvalue weighted by Crippen LogP contribution is 2.42. The first kappa shape index (κ1) is 27.2. The molecule has 2 atom stereocenters. The van der Waals surface area contributed by atoms with E-state index in [2.05, 4.69) is 11.8 Å². The predicted octanol–water partition coefficient (Wildman–Crippen LogP) is 6.49. The maximum Gasteiger partial charge on any atom is 0.306 e. The summed E-state index contributed by atoms with van der Waals surface area (Å²) in [6, 6.07) is 10.1. The van der Waals surface area contributed by atoms with Crippen molar-refractivity contribution in [2.75, 3.05) is 30.1 Å². The molecule has 33 heavy (non-hydrogen) atoms. The molecule has 0 aliphatic carbocycles. The number of unbranched alkanes of at least 4 members (excludes halogenated alkanes) is 1. The highest BCUT2D eigenvalue weighted by Gasteiger charge is 2.29. The summed E-state index contributed by atoms with van der Waals surface area (Å²) in [5, 5.41) is 8.90. The molecule has 0 spiro atoms. The van der Waals surface area contributed by atoms with Crippen LogP contribution in [-0.4, -0.2) is 40.4 Å². The topological polar surface area (TPSA) is 66.8 Å². The molecule has 5 nitrogen and oxygen atoms in total. The van der Waals surface area contributed by atoms with Crippen molar-refractivity contribution in [3.63, 3.8) is 0 Å². The number of hydrogen-bond acceptors (Lipinski definition) is 5. The van der Waals surface area contributed by atoms with E-state index in [4.69, 9.17) is 9.84 Å². The van der Waals surface area contributed by atoms with Gasteiger partial charge in [-0.1, -0.05) is 33.6 Å². The van der Waals surface area contributed by atoms with Crippen LogP contribution in [0.25, 0.3) is 0 Å². The lowest BCUT2D eigenvalue weighted by Gasteiger charge is -2.28. The quantitative estimate of drug-likeness (QED) is 0.401. The van der Waals surface area contributed by atoms with Crippen molar-refractivity contribution < 1.29 is 23.2 Å². The van der Waals surface area contributed by atoms with Gasteiger partial charge in [-0.3, -0.25) is 9.00 Å². The summed E-state index contributed by atoms with van der Waals surface area (Å²) in [7, 11) is -1.22. The minimum Gasteiger partial charge on any atom is -0.492 e. The van der Waals surface area contributed by atoms with E-state index in [-0.39, 0.29) is 24.8 Å². The number of thioether (sulfide) groups is 1. The van der Waals surface area contributed by atoms with E-state index in [1.807, 2.05) is 26.2 Å². The Labute approximate surface area is 203 Å². The van der Waals surface area contributed by atoms with Crippen LogP contribution >= 0.6 is 11.8 Å². The van der Waals surface area contributed by atoms with Crippen LogP contribution in [0.3, 0.4) is 0 Å². The van der Waals surface area contributed by atoms with E-state index in [0.29, 0.717) is 22.9 Å². The molecule has 2 aromatic carbocycles. The van der Waals surface area contributed by atoms with Gasteiger partial charge in [0.2, 0.25) is 0 Å². The number of nitrogens with zero attached hydrogens (tertiary/aromatic N) is 1. The zero-order chi connectivity index (χ0) is 24.4. The molecule has 1 heterocycles. The molecule has 0 saturated heterocycles. The number of rotatable bonds is 9. The Kier molecular flexibility index (Phi) is 11.2. The molecular weight excluding hydrogens is 461 g/mol. The molecule has 8 heteroatoms. The number of carboxylic acid groups (broad SMARTS) is 1. The summed E-state index contributed by atoms with van der Waals surface area (Å²) in [6.45, 7) is 6.90. The lowest BCUT2D eigenvalue weighted by Crippen LogP contribution is -2.25. The van der Waals surface area contributed by atoms with Crippen molar-refractivity contribution in [1.82, 2.24) is 0 Å². The monoisotopic (exact) mass is 495 g/mol. The molecule has 3 rings (SSSR count). The third kappa shape index (κ3) is 7.47. The zero-order valence-corrected chi connectivity index (χ0v) is 21.4. The van der Waals surface area contributed by atoms with Crippen molar-refractivity contribution in [3.8, 4) is 5.75 Å². The largest absolute Gasteiger partial charge is 0.492 e. The molecule has 0 radical (unpaired) electrons. The molecule has 1 aliphatic rings. The number of benzene rings is 2. The SMILES string of the molecule is CC.CCCCC1CN(c2ccc(F)cc2)c2cc(SC)c(OCCC(=O)O)cc2S(=O)C1. The van der Waals surface area contributed by atoms with Gasteiger partial charge in [-0.05, 0) is 55.0 Å². The first-order valence-electron chi connectivity index (χ1n) is 11.4. The van der Waals surface area contributed by atoms with Crippen LogP contribution in [0.1, 0.15) is 46.5 Å². The first-order valence-corrected chi connectivity index (χ1v) is 13.9. The fourth-order valence-corrected chi connectivity index (χ4v) is 5.76. The Morgan fingerprint density at radius 1 is 1.27 bits per heavy atom. The maximum atomic E-state index is 13.6. The van der Waals surface area contributed by atoms with Gasteiger partial charge in [0.1, 0.15) is 11.6 Å². The van der Waals surface area contributed by atoms with Gasteiger partial charge in [-0.25, -0.2) is 4.39 Å². The standard InChI is InChI=1S/C23H28FNO4S2.C2H6/c1-3-4-5-16-14-25(18-8-6-17(24)7-9-18)19-12-21(30-2)20(29-11-10-23(26)27)13-22(19)31(28)15-16;1-2/h6-9,12-13,16H,3-5,10-11,14-15H2,1-2H3,(H,26,27);1-2H3. The van der Waals surface area contributed by atoms with Crippen LogP contribution in [0.5, 0.6) is 5.75 Å². The average Bonchev–Trinajstić information content (AvgIpc) is 2.95. The summed E-state index contributed by atoms with van der Waals surface area (Å²) in [5.74, 6) is 0.124. The minimum absolute atomic E-state index is 0.0507. The number of hydrogen-bond donors (Lipinski definition) is 1. The van der Waals surface area contributed by atoms with Gasteiger partial charge in [0, 0.05) is 18.0 Å². The van der Waals surface area contributed by atoms with E-state index in [1.54, 1.807) is 18.2 Å². The van der Waals surface area contributed by atoms with Crippen LogP contribution in [0, 0.1) is 11.7 Å². The molecule has 0 fully saturated rings. The number of anilines is 2. The summed E-state index contributed by atoms with van der Waals surface area (Å²) >= 11 is 1.49. The number of aliphatic carboxylic acids is 1. The molecule has 0 bridgehead atoms. The zero-order valence-electron chi connectivity index (χ0n) is 19.8. The Balaban J connectivity index is 0.00000187. The van der Waals surface area contributed by atoms with E-state index in [1.165, 1.54) is 23.9 Å². The summed E-state index contributed by atoms with van der Waals surface area (Å²) in [6.07, 6.45) is 4.94. The van der Waals surface area contributed by atoms with Gasteiger partial charge in [-0.15, -0.1) is 11.8 Å². The molecule has 1 N–H and O–H groups in total. The van der Waals surface area contributed by atoms with Crippen LogP contribution in [-0.2, 0) is 15.6 Å². The summed E-state index contributed by atoms with van der Waals surface area (Å²) in [5.41, 5.74) is 1.69. The van der Waals surface area contributed by atoms with Crippen molar-refractivity contribution >= 4 is 39.9 Å². The highest BCUT2D eigenvalue weighted by molar-refractivity contribution is 7.98. The highest BCUT2D eigenvalue weighted by atomic mass is 32.2. The second-order valence-corrected chi connectivity index (χ2v) is 9.88. The van der Waals surface area contributed by atoms with Gasteiger partial charge in [-0.2, -0.15) is 0 Å². The van der Waals surface area contributed by atoms with Crippen molar-refractivity contribution in [2.45, 2.75) is 56.2 Å². The fraction of sp³-hybridized carbons (Fsp3) is 0.480. The molecular formula is C25H34FNO4S2. The van der Waals surface area contributed by atoms with Crippen LogP contribution in [0.2, 0.25) is 0 Å². The van der Waals surface area contributed by atoms with E-state index in [0.717, 1.165) is 35.5 Å². The van der Waals surface area contributed by atoms with E-state index in [9.17, 15) is 13.4 Å². The lowest BCUT2D eigenvalue weighted by atomic mass is 10.0. The number of carboxylic acids is 1. The van der Waals surface area contributed by atoms with Gasteiger partial charge in [0.05, 0.1) is 39.3 Å². The van der Waals surface area contributed by atoms with Gasteiger partial charge >= 0.3 is 5.97 Å².